The summed E-state index contributed by atoms with van der Waals surface area (Å²) in [6.07, 6.45) is 0. The molecule has 1 heterocycles. The Hall–Kier alpha value is -1.95. The minimum absolute atomic E-state index is 0.155. The molecule has 0 fully saturated rings. The molecular weight excluding hydrogens is 548 g/mol. The van der Waals surface area contributed by atoms with Gasteiger partial charge in [0.2, 0.25) is 5.78 Å². The summed E-state index contributed by atoms with van der Waals surface area (Å²) in [5, 5.41) is 0. The summed E-state index contributed by atoms with van der Waals surface area (Å²) < 4.78 is 8.84. The van der Waals surface area contributed by atoms with E-state index in [4.69, 9.17) is 4.42 Å². The van der Waals surface area contributed by atoms with Crippen LogP contribution in [0.15, 0.2) is 96.7 Å². The standard InChI is InChI=1S/C23H13Br3O2/c24-17-7-1-4-14(10-17)20-13-21(15-5-2-8-18(25)11-15)28-23(20)22(27)16-6-3-9-19(26)12-16/h1-13H. The lowest BCUT2D eigenvalue weighted by Gasteiger charge is -2.04. The number of carbonyl (C=O) groups is 1. The Bertz CT molecular complexity index is 1180. The van der Waals surface area contributed by atoms with E-state index in [1.807, 2.05) is 66.7 Å². The molecule has 0 amide bonds. The molecule has 0 saturated carbocycles. The number of hydrogen-bond donors (Lipinski definition) is 0. The molecule has 138 valence electrons. The van der Waals surface area contributed by atoms with Crippen LogP contribution in [0.4, 0.5) is 0 Å². The molecule has 0 saturated heterocycles. The van der Waals surface area contributed by atoms with Crippen LogP contribution in [0.3, 0.4) is 0 Å². The van der Waals surface area contributed by atoms with Gasteiger partial charge in [0.25, 0.3) is 0 Å². The van der Waals surface area contributed by atoms with Crippen LogP contribution >= 0.6 is 47.8 Å². The molecule has 4 aromatic rings. The number of ketones is 1. The van der Waals surface area contributed by atoms with Crippen molar-refractivity contribution < 1.29 is 9.21 Å². The maximum absolute atomic E-state index is 13.3. The van der Waals surface area contributed by atoms with Gasteiger partial charge in [0.15, 0.2) is 5.76 Å². The van der Waals surface area contributed by atoms with Gasteiger partial charge >= 0.3 is 0 Å². The van der Waals surface area contributed by atoms with Crippen molar-refractivity contribution in [3.05, 3.63) is 104 Å². The Morgan fingerprint density at radius 3 is 1.89 bits per heavy atom. The van der Waals surface area contributed by atoms with E-state index in [-0.39, 0.29) is 5.78 Å². The number of hydrogen-bond acceptors (Lipinski definition) is 2. The summed E-state index contributed by atoms with van der Waals surface area (Å²) in [7, 11) is 0. The molecule has 0 unspecified atom stereocenters. The smallest absolute Gasteiger partial charge is 0.228 e. The van der Waals surface area contributed by atoms with Crippen molar-refractivity contribution >= 4 is 53.6 Å². The minimum atomic E-state index is -0.155. The lowest BCUT2D eigenvalue weighted by atomic mass is 10.0. The first-order valence-electron chi connectivity index (χ1n) is 8.47. The average molecular weight is 561 g/mol. The minimum Gasteiger partial charge on any atom is -0.452 e. The van der Waals surface area contributed by atoms with E-state index in [0.717, 1.165) is 30.1 Å². The summed E-state index contributed by atoms with van der Waals surface area (Å²) in [4.78, 5) is 13.3. The van der Waals surface area contributed by atoms with E-state index < -0.39 is 0 Å². The van der Waals surface area contributed by atoms with E-state index in [1.54, 1.807) is 12.1 Å². The predicted octanol–water partition coefficient (Wildman–Crippen LogP) is 8.13. The molecule has 0 aliphatic heterocycles. The van der Waals surface area contributed by atoms with E-state index in [0.29, 0.717) is 17.1 Å². The summed E-state index contributed by atoms with van der Waals surface area (Å²) >= 11 is 10.4. The van der Waals surface area contributed by atoms with E-state index in [9.17, 15) is 4.79 Å². The lowest BCUT2D eigenvalue weighted by Crippen LogP contribution is -2.01. The second-order valence-electron chi connectivity index (χ2n) is 6.21. The molecule has 28 heavy (non-hydrogen) atoms. The fourth-order valence-electron chi connectivity index (χ4n) is 2.97. The van der Waals surface area contributed by atoms with Gasteiger partial charge in [0.05, 0.1) is 0 Å². The Morgan fingerprint density at radius 1 is 0.679 bits per heavy atom. The number of halogens is 3. The highest BCUT2D eigenvalue weighted by Gasteiger charge is 2.22. The van der Waals surface area contributed by atoms with Crippen molar-refractivity contribution in [1.29, 1.82) is 0 Å². The highest BCUT2D eigenvalue weighted by atomic mass is 79.9. The van der Waals surface area contributed by atoms with Crippen LogP contribution < -0.4 is 0 Å². The van der Waals surface area contributed by atoms with Crippen LogP contribution in [0.1, 0.15) is 16.1 Å². The molecule has 1 aromatic heterocycles. The van der Waals surface area contributed by atoms with Crippen molar-refractivity contribution in [3.63, 3.8) is 0 Å². The lowest BCUT2D eigenvalue weighted by molar-refractivity contribution is 0.101. The predicted molar refractivity (Wildman–Crippen MR) is 123 cm³/mol. The third-order valence-electron chi connectivity index (χ3n) is 4.27. The van der Waals surface area contributed by atoms with Gasteiger partial charge < -0.3 is 4.42 Å². The van der Waals surface area contributed by atoms with E-state index >= 15 is 0 Å². The zero-order valence-electron chi connectivity index (χ0n) is 14.5. The Kier molecular flexibility index (Phi) is 5.67. The summed E-state index contributed by atoms with van der Waals surface area (Å²) in [5.41, 5.74) is 3.15. The highest BCUT2D eigenvalue weighted by molar-refractivity contribution is 9.11. The largest absolute Gasteiger partial charge is 0.452 e. The molecule has 0 radical (unpaired) electrons. The topological polar surface area (TPSA) is 30.2 Å². The van der Waals surface area contributed by atoms with Gasteiger partial charge in [0.1, 0.15) is 5.76 Å². The molecule has 0 aliphatic carbocycles. The molecular formula is C23H13Br3O2. The first-order chi connectivity index (χ1) is 13.5. The quantitative estimate of drug-likeness (QED) is 0.236. The van der Waals surface area contributed by atoms with Gasteiger partial charge in [-0.25, -0.2) is 0 Å². The first kappa shape index (κ1) is 19.4. The Balaban J connectivity index is 1.89. The SMILES string of the molecule is O=C(c1cccc(Br)c1)c1oc(-c2cccc(Br)c2)cc1-c1cccc(Br)c1. The molecule has 0 spiro atoms. The summed E-state index contributed by atoms with van der Waals surface area (Å²) in [6.45, 7) is 0. The zero-order valence-corrected chi connectivity index (χ0v) is 19.2. The average Bonchev–Trinajstić information content (AvgIpc) is 3.13. The van der Waals surface area contributed by atoms with Crippen molar-refractivity contribution in [2.45, 2.75) is 0 Å². The first-order valence-corrected chi connectivity index (χ1v) is 10.8. The van der Waals surface area contributed by atoms with Crippen molar-refractivity contribution in [1.82, 2.24) is 0 Å². The maximum atomic E-state index is 13.3. The fraction of sp³-hybridized carbons (Fsp3) is 0. The van der Waals surface area contributed by atoms with Crippen LogP contribution in [0.25, 0.3) is 22.5 Å². The van der Waals surface area contributed by atoms with Gasteiger partial charge in [-0.1, -0.05) is 84.2 Å². The molecule has 3 aromatic carbocycles. The molecule has 5 heteroatoms. The van der Waals surface area contributed by atoms with Crippen molar-refractivity contribution in [2.75, 3.05) is 0 Å². The second kappa shape index (κ2) is 8.19. The number of benzene rings is 3. The molecule has 2 nitrogen and oxygen atoms in total. The van der Waals surface area contributed by atoms with Crippen LogP contribution in [0.2, 0.25) is 0 Å². The normalized spacial score (nSPS) is 10.8. The highest BCUT2D eigenvalue weighted by Crippen LogP contribution is 2.36. The summed E-state index contributed by atoms with van der Waals surface area (Å²) in [5.74, 6) is 0.818. The third kappa shape index (κ3) is 4.07. The number of furan rings is 1. The Labute approximate surface area is 188 Å². The van der Waals surface area contributed by atoms with Gasteiger partial charge in [-0.15, -0.1) is 0 Å². The molecule has 0 N–H and O–H groups in total. The summed E-state index contributed by atoms with van der Waals surface area (Å²) in [6, 6.07) is 24.9. The van der Waals surface area contributed by atoms with Gasteiger partial charge in [0, 0.05) is 30.1 Å². The maximum Gasteiger partial charge on any atom is 0.228 e. The third-order valence-corrected chi connectivity index (χ3v) is 5.75. The molecule has 4 rings (SSSR count). The molecule has 0 atom stereocenters. The van der Waals surface area contributed by atoms with E-state index in [1.165, 1.54) is 0 Å². The molecule has 0 bridgehead atoms. The molecule has 0 aliphatic rings. The van der Waals surface area contributed by atoms with Crippen LogP contribution in [0, 0.1) is 0 Å². The van der Waals surface area contributed by atoms with Crippen LogP contribution in [-0.2, 0) is 0 Å². The van der Waals surface area contributed by atoms with Crippen molar-refractivity contribution in [3.8, 4) is 22.5 Å². The number of rotatable bonds is 4. The van der Waals surface area contributed by atoms with Gasteiger partial charge in [-0.3, -0.25) is 4.79 Å². The zero-order chi connectivity index (χ0) is 19.7. The fourth-order valence-corrected chi connectivity index (χ4v) is 4.17. The monoisotopic (exact) mass is 558 g/mol. The second-order valence-corrected chi connectivity index (χ2v) is 8.96. The van der Waals surface area contributed by atoms with Crippen molar-refractivity contribution in [2.24, 2.45) is 0 Å². The van der Waals surface area contributed by atoms with Crippen LogP contribution in [0.5, 0.6) is 0 Å². The van der Waals surface area contributed by atoms with Gasteiger partial charge in [-0.2, -0.15) is 0 Å². The Morgan fingerprint density at radius 2 is 1.25 bits per heavy atom. The number of carbonyl (C=O) groups excluding carboxylic acids is 1. The van der Waals surface area contributed by atoms with E-state index in [2.05, 4.69) is 47.8 Å². The van der Waals surface area contributed by atoms with Gasteiger partial charge in [-0.05, 0) is 48.0 Å². The van der Waals surface area contributed by atoms with Crippen LogP contribution in [-0.4, -0.2) is 5.78 Å².